The number of fused-ring (bicyclic) bond motifs is 2. The summed E-state index contributed by atoms with van der Waals surface area (Å²) in [6, 6.07) is 17.8. The number of pyridine rings is 1. The van der Waals surface area contributed by atoms with E-state index in [-0.39, 0.29) is 6.10 Å². The fraction of sp³-hybridized carbons (Fsp3) is 0.318. The maximum absolute atomic E-state index is 6.01. The third-order valence-electron chi connectivity index (χ3n) is 4.61. The predicted molar refractivity (Wildman–Crippen MR) is 106 cm³/mol. The number of hydrogen-bond acceptors (Lipinski definition) is 5. The molecule has 5 nitrogen and oxygen atoms in total. The van der Waals surface area contributed by atoms with Crippen LogP contribution in [0.4, 0.5) is 0 Å². The Morgan fingerprint density at radius 2 is 2.00 bits per heavy atom. The van der Waals surface area contributed by atoms with Gasteiger partial charge in [0.05, 0.1) is 12.1 Å². The van der Waals surface area contributed by atoms with E-state index >= 15 is 0 Å². The Morgan fingerprint density at radius 3 is 2.93 bits per heavy atom. The molecule has 1 aliphatic heterocycles. The molecule has 0 radical (unpaired) electrons. The van der Waals surface area contributed by atoms with Crippen LogP contribution in [0.2, 0.25) is 0 Å². The summed E-state index contributed by atoms with van der Waals surface area (Å²) < 4.78 is 17.7. The molecule has 5 heteroatoms. The molecule has 0 unspecified atom stereocenters. The first-order valence-electron chi connectivity index (χ1n) is 9.32. The van der Waals surface area contributed by atoms with Crippen molar-refractivity contribution in [2.75, 3.05) is 33.4 Å². The van der Waals surface area contributed by atoms with Crippen molar-refractivity contribution >= 4 is 10.9 Å². The molecule has 1 atom stereocenters. The van der Waals surface area contributed by atoms with Gasteiger partial charge in [-0.15, -0.1) is 0 Å². The minimum absolute atomic E-state index is 0.0531. The minimum atomic E-state index is 0.0531. The van der Waals surface area contributed by atoms with E-state index in [1.807, 2.05) is 48.5 Å². The second kappa shape index (κ2) is 8.27. The Kier molecular flexibility index (Phi) is 5.39. The fourth-order valence-corrected chi connectivity index (χ4v) is 3.25. The second-order valence-corrected chi connectivity index (χ2v) is 6.82. The highest BCUT2D eigenvalue weighted by Crippen LogP contribution is 2.30. The van der Waals surface area contributed by atoms with Gasteiger partial charge >= 0.3 is 0 Å². The molecule has 1 aliphatic rings. The van der Waals surface area contributed by atoms with Gasteiger partial charge in [0.1, 0.15) is 18.5 Å². The first-order valence-corrected chi connectivity index (χ1v) is 9.32. The van der Waals surface area contributed by atoms with E-state index in [1.165, 1.54) is 0 Å². The Balaban J connectivity index is 1.20. The lowest BCUT2D eigenvalue weighted by molar-refractivity contribution is 0.0643. The zero-order valence-corrected chi connectivity index (χ0v) is 15.5. The van der Waals surface area contributed by atoms with Crippen LogP contribution >= 0.6 is 0 Å². The van der Waals surface area contributed by atoms with Crippen LogP contribution < -0.4 is 14.2 Å². The summed E-state index contributed by atoms with van der Waals surface area (Å²) in [4.78, 5) is 6.62. The van der Waals surface area contributed by atoms with E-state index in [4.69, 9.17) is 14.2 Å². The Labute approximate surface area is 159 Å². The van der Waals surface area contributed by atoms with Crippen LogP contribution in [0.3, 0.4) is 0 Å². The van der Waals surface area contributed by atoms with Gasteiger partial charge in [-0.1, -0.05) is 18.2 Å². The standard InChI is InChI=1S/C22H24N2O3/c1-24(15-19-16-26-21-7-2-3-8-22(21)27-19)12-5-13-25-18-10-9-17-6-4-11-23-20(17)14-18/h2-4,6-11,14,19H,5,12-13,15-16H2,1H3/t19-/m0/s1. The Bertz CT molecular complexity index is 899. The average molecular weight is 364 g/mol. The van der Waals surface area contributed by atoms with Crippen molar-refractivity contribution in [2.45, 2.75) is 12.5 Å². The van der Waals surface area contributed by atoms with Crippen molar-refractivity contribution in [3.05, 3.63) is 60.8 Å². The van der Waals surface area contributed by atoms with Gasteiger partial charge in [0.15, 0.2) is 11.5 Å². The first-order chi connectivity index (χ1) is 13.3. The van der Waals surface area contributed by atoms with E-state index in [0.29, 0.717) is 13.2 Å². The van der Waals surface area contributed by atoms with Gasteiger partial charge in [0, 0.05) is 30.7 Å². The third kappa shape index (κ3) is 4.49. The van der Waals surface area contributed by atoms with Crippen molar-refractivity contribution < 1.29 is 14.2 Å². The van der Waals surface area contributed by atoms with Gasteiger partial charge in [-0.3, -0.25) is 4.98 Å². The van der Waals surface area contributed by atoms with Crippen LogP contribution in [0.25, 0.3) is 10.9 Å². The highest BCUT2D eigenvalue weighted by molar-refractivity contribution is 5.79. The molecule has 2 aromatic carbocycles. The molecule has 0 bridgehead atoms. The number of hydrogen-bond donors (Lipinski definition) is 0. The molecule has 27 heavy (non-hydrogen) atoms. The van der Waals surface area contributed by atoms with Crippen molar-refractivity contribution in [3.8, 4) is 17.2 Å². The predicted octanol–water partition coefficient (Wildman–Crippen LogP) is 3.78. The lowest BCUT2D eigenvalue weighted by atomic mass is 10.2. The zero-order chi connectivity index (χ0) is 18.5. The molecular formula is C22H24N2O3. The molecule has 140 valence electrons. The summed E-state index contributed by atoms with van der Waals surface area (Å²) in [7, 11) is 2.10. The molecule has 0 N–H and O–H groups in total. The summed E-state index contributed by atoms with van der Waals surface area (Å²) in [5.74, 6) is 2.52. The molecule has 3 aromatic rings. The summed E-state index contributed by atoms with van der Waals surface area (Å²) in [5.41, 5.74) is 0.960. The highest BCUT2D eigenvalue weighted by Gasteiger charge is 2.21. The number of para-hydroxylation sites is 2. The highest BCUT2D eigenvalue weighted by atomic mass is 16.6. The van der Waals surface area contributed by atoms with Gasteiger partial charge in [-0.25, -0.2) is 0 Å². The largest absolute Gasteiger partial charge is 0.493 e. The monoisotopic (exact) mass is 364 g/mol. The van der Waals surface area contributed by atoms with Crippen LogP contribution in [0.15, 0.2) is 60.8 Å². The molecule has 0 amide bonds. The molecule has 2 heterocycles. The summed E-state index contributed by atoms with van der Waals surface area (Å²) in [5, 5.41) is 1.13. The van der Waals surface area contributed by atoms with Gasteiger partial charge in [0.2, 0.25) is 0 Å². The van der Waals surface area contributed by atoms with E-state index in [9.17, 15) is 0 Å². The Hall–Kier alpha value is -2.79. The third-order valence-corrected chi connectivity index (χ3v) is 4.61. The minimum Gasteiger partial charge on any atom is -0.493 e. The fourth-order valence-electron chi connectivity index (χ4n) is 3.25. The normalized spacial score (nSPS) is 15.9. The lowest BCUT2D eigenvalue weighted by Gasteiger charge is -2.29. The van der Waals surface area contributed by atoms with Crippen LogP contribution in [0.1, 0.15) is 6.42 Å². The number of aromatic nitrogens is 1. The smallest absolute Gasteiger partial charge is 0.161 e. The van der Waals surface area contributed by atoms with Crippen molar-refractivity contribution in [2.24, 2.45) is 0 Å². The lowest BCUT2D eigenvalue weighted by Crippen LogP contribution is -2.39. The maximum atomic E-state index is 6.01. The summed E-state index contributed by atoms with van der Waals surface area (Å²) in [6.07, 6.45) is 2.80. The average Bonchev–Trinajstić information content (AvgIpc) is 2.71. The molecule has 0 fully saturated rings. The van der Waals surface area contributed by atoms with Gasteiger partial charge in [-0.05, 0) is 43.8 Å². The zero-order valence-electron chi connectivity index (χ0n) is 15.5. The van der Waals surface area contributed by atoms with Crippen molar-refractivity contribution in [1.29, 1.82) is 0 Å². The van der Waals surface area contributed by atoms with Crippen LogP contribution in [-0.4, -0.2) is 49.3 Å². The molecule has 0 spiro atoms. The topological polar surface area (TPSA) is 43.8 Å². The quantitative estimate of drug-likeness (QED) is 0.597. The van der Waals surface area contributed by atoms with E-state index < -0.39 is 0 Å². The van der Waals surface area contributed by atoms with Crippen molar-refractivity contribution in [3.63, 3.8) is 0 Å². The summed E-state index contributed by atoms with van der Waals surface area (Å²) in [6.45, 7) is 3.02. The molecule has 1 aromatic heterocycles. The number of rotatable bonds is 7. The molecule has 0 aliphatic carbocycles. The molecule has 4 rings (SSSR count). The number of ether oxygens (including phenoxy) is 3. The van der Waals surface area contributed by atoms with Crippen LogP contribution in [-0.2, 0) is 0 Å². The van der Waals surface area contributed by atoms with E-state index in [2.05, 4.69) is 23.0 Å². The SMILES string of the molecule is CN(CCCOc1ccc2cccnc2c1)C[C@H]1COc2ccccc2O1. The van der Waals surface area contributed by atoms with Crippen molar-refractivity contribution in [1.82, 2.24) is 9.88 Å². The Morgan fingerprint density at radius 1 is 1.11 bits per heavy atom. The maximum Gasteiger partial charge on any atom is 0.161 e. The van der Waals surface area contributed by atoms with E-state index in [1.54, 1.807) is 6.20 Å². The molecule has 0 saturated heterocycles. The van der Waals surface area contributed by atoms with E-state index in [0.717, 1.165) is 47.7 Å². The second-order valence-electron chi connectivity index (χ2n) is 6.82. The first kappa shape index (κ1) is 17.6. The molecular weight excluding hydrogens is 340 g/mol. The van der Waals surface area contributed by atoms with Gasteiger partial charge in [0.25, 0.3) is 0 Å². The number of likely N-dealkylation sites (N-methyl/N-ethyl adjacent to an activating group) is 1. The van der Waals surface area contributed by atoms with Crippen LogP contribution in [0.5, 0.6) is 17.2 Å². The van der Waals surface area contributed by atoms with Gasteiger partial charge < -0.3 is 19.1 Å². The van der Waals surface area contributed by atoms with Gasteiger partial charge in [-0.2, -0.15) is 0 Å². The van der Waals surface area contributed by atoms with Crippen LogP contribution in [0, 0.1) is 0 Å². The summed E-state index contributed by atoms with van der Waals surface area (Å²) >= 11 is 0. The molecule has 0 saturated carbocycles. The number of nitrogens with zero attached hydrogens (tertiary/aromatic N) is 2. The number of benzene rings is 2.